The number of aromatic nitrogens is 3. The van der Waals surface area contributed by atoms with E-state index in [4.69, 9.17) is 0 Å². The minimum Gasteiger partial charge on any atom is -0.271 e. The Kier molecular flexibility index (Phi) is 3.08. The van der Waals surface area contributed by atoms with Crippen molar-refractivity contribution in [3.8, 4) is 0 Å². The van der Waals surface area contributed by atoms with Crippen molar-refractivity contribution >= 4 is 15.8 Å². The van der Waals surface area contributed by atoms with Gasteiger partial charge in [0.05, 0.1) is 11.4 Å². The van der Waals surface area contributed by atoms with Crippen molar-refractivity contribution in [2.75, 3.05) is 4.72 Å². The number of sulfonamides is 1. The maximum absolute atomic E-state index is 12.3. The molecule has 0 saturated carbocycles. The molecule has 2 heterocycles. The average molecular weight is 266 g/mol. The molecule has 18 heavy (non-hydrogen) atoms. The molecule has 0 amide bonds. The molecule has 0 aliphatic rings. The Bertz CT molecular complexity index is 662. The minimum atomic E-state index is -3.65. The fourth-order valence-corrected chi connectivity index (χ4v) is 3.20. The van der Waals surface area contributed by atoms with E-state index in [1.807, 2.05) is 0 Å². The first kappa shape index (κ1) is 12.6. The van der Waals surface area contributed by atoms with E-state index in [9.17, 15) is 8.42 Å². The van der Waals surface area contributed by atoms with Crippen LogP contribution in [0, 0.1) is 13.8 Å². The Morgan fingerprint density at radius 2 is 2.00 bits per heavy atom. The topological polar surface area (TPSA) is 76.9 Å². The predicted octanol–water partition coefficient (Wildman–Crippen LogP) is 1.23. The lowest BCUT2D eigenvalue weighted by Gasteiger charge is -2.07. The molecule has 0 unspecified atom stereocenters. The zero-order valence-corrected chi connectivity index (χ0v) is 11.2. The second-order valence-electron chi connectivity index (χ2n) is 3.94. The van der Waals surface area contributed by atoms with Crippen molar-refractivity contribution in [2.45, 2.75) is 18.7 Å². The summed E-state index contributed by atoms with van der Waals surface area (Å²) < 4.78 is 28.5. The van der Waals surface area contributed by atoms with Crippen molar-refractivity contribution in [2.24, 2.45) is 7.05 Å². The maximum Gasteiger partial charge on any atom is 0.266 e. The van der Waals surface area contributed by atoms with Crippen LogP contribution in [-0.2, 0) is 17.1 Å². The van der Waals surface area contributed by atoms with E-state index >= 15 is 0 Å². The largest absolute Gasteiger partial charge is 0.271 e. The van der Waals surface area contributed by atoms with E-state index in [2.05, 4.69) is 14.8 Å². The summed E-state index contributed by atoms with van der Waals surface area (Å²) in [5, 5.41) is 4.10. The highest BCUT2D eigenvalue weighted by atomic mass is 32.2. The van der Waals surface area contributed by atoms with Crippen molar-refractivity contribution in [3.05, 3.63) is 35.8 Å². The van der Waals surface area contributed by atoms with Gasteiger partial charge in [-0.25, -0.2) is 13.4 Å². The second-order valence-corrected chi connectivity index (χ2v) is 5.56. The molecule has 0 radical (unpaired) electrons. The van der Waals surface area contributed by atoms with E-state index < -0.39 is 10.0 Å². The molecule has 0 spiro atoms. The lowest BCUT2D eigenvalue weighted by atomic mass is 10.4. The molecule has 2 aromatic rings. The smallest absolute Gasteiger partial charge is 0.266 e. The van der Waals surface area contributed by atoms with Crippen LogP contribution in [0.1, 0.15) is 11.4 Å². The van der Waals surface area contributed by atoms with Gasteiger partial charge in [-0.05, 0) is 26.0 Å². The fraction of sp³-hybridized carbons (Fsp3) is 0.273. The standard InChI is InChI=1S/C11H14N4O2S/c1-8-11(9(2)15(3)13-8)18(16,17)14-10-6-4-5-7-12-10/h4-7H,1-3H3,(H,12,14). The quantitative estimate of drug-likeness (QED) is 0.906. The summed E-state index contributed by atoms with van der Waals surface area (Å²) in [4.78, 5) is 4.14. The summed E-state index contributed by atoms with van der Waals surface area (Å²) in [5.74, 6) is 0.292. The van der Waals surface area contributed by atoms with E-state index in [-0.39, 0.29) is 4.90 Å². The molecule has 7 heteroatoms. The second kappa shape index (κ2) is 4.41. The summed E-state index contributed by atoms with van der Waals surface area (Å²) in [6, 6.07) is 5.03. The highest BCUT2D eigenvalue weighted by Gasteiger charge is 2.23. The molecule has 0 fully saturated rings. The maximum atomic E-state index is 12.3. The van der Waals surface area contributed by atoms with Crippen LogP contribution < -0.4 is 4.72 Å². The van der Waals surface area contributed by atoms with E-state index in [0.29, 0.717) is 17.2 Å². The van der Waals surface area contributed by atoms with Crippen LogP contribution in [0.25, 0.3) is 0 Å². The Hall–Kier alpha value is -1.89. The minimum absolute atomic E-state index is 0.204. The molecule has 2 rings (SSSR count). The van der Waals surface area contributed by atoms with Crippen LogP contribution in [0.4, 0.5) is 5.82 Å². The van der Waals surface area contributed by atoms with Gasteiger partial charge in [0.1, 0.15) is 10.7 Å². The molecular weight excluding hydrogens is 252 g/mol. The number of anilines is 1. The number of nitrogens with zero attached hydrogens (tertiary/aromatic N) is 3. The van der Waals surface area contributed by atoms with E-state index in [0.717, 1.165) is 0 Å². The molecule has 0 bridgehead atoms. The summed E-state index contributed by atoms with van der Waals surface area (Å²) in [6.45, 7) is 3.38. The van der Waals surface area contributed by atoms with Gasteiger partial charge in [-0.2, -0.15) is 5.10 Å². The first-order valence-electron chi connectivity index (χ1n) is 5.36. The molecule has 6 nitrogen and oxygen atoms in total. The molecule has 0 aromatic carbocycles. The van der Waals surface area contributed by atoms with Crippen LogP contribution >= 0.6 is 0 Å². The fourth-order valence-electron chi connectivity index (χ4n) is 1.75. The molecule has 0 aliphatic heterocycles. The van der Waals surface area contributed by atoms with Crippen molar-refractivity contribution < 1.29 is 8.42 Å². The van der Waals surface area contributed by atoms with E-state index in [1.165, 1.54) is 6.20 Å². The molecule has 96 valence electrons. The number of nitrogens with one attached hydrogen (secondary N) is 1. The first-order chi connectivity index (χ1) is 8.42. The lowest BCUT2D eigenvalue weighted by molar-refractivity contribution is 0.599. The molecule has 2 aromatic heterocycles. The number of hydrogen-bond donors (Lipinski definition) is 1. The van der Waals surface area contributed by atoms with Crippen molar-refractivity contribution in [3.63, 3.8) is 0 Å². The van der Waals surface area contributed by atoms with Gasteiger partial charge in [0, 0.05) is 13.2 Å². The number of hydrogen-bond acceptors (Lipinski definition) is 4. The lowest BCUT2D eigenvalue weighted by Crippen LogP contribution is -2.15. The average Bonchev–Trinajstić information content (AvgIpc) is 2.54. The Balaban J connectivity index is 2.43. The molecule has 0 aliphatic carbocycles. The van der Waals surface area contributed by atoms with Crippen LogP contribution in [0.15, 0.2) is 29.3 Å². The number of rotatable bonds is 3. The zero-order chi connectivity index (χ0) is 13.3. The van der Waals surface area contributed by atoms with Crippen LogP contribution in [0.3, 0.4) is 0 Å². The summed E-state index contributed by atoms with van der Waals surface area (Å²) in [7, 11) is -1.94. The SMILES string of the molecule is Cc1nn(C)c(C)c1S(=O)(=O)Nc1ccccn1. The number of aryl methyl sites for hydroxylation is 2. The normalized spacial score (nSPS) is 11.5. The summed E-state index contributed by atoms with van der Waals surface area (Å²) in [5.41, 5.74) is 1.06. The third kappa shape index (κ3) is 2.21. The van der Waals surface area contributed by atoms with Gasteiger partial charge in [0.2, 0.25) is 0 Å². The Morgan fingerprint density at radius 3 is 2.50 bits per heavy atom. The third-order valence-corrected chi connectivity index (χ3v) is 4.22. The van der Waals surface area contributed by atoms with Crippen LogP contribution in [-0.4, -0.2) is 23.2 Å². The highest BCUT2D eigenvalue weighted by Crippen LogP contribution is 2.20. The van der Waals surface area contributed by atoms with E-state index in [1.54, 1.807) is 43.8 Å². The van der Waals surface area contributed by atoms with Gasteiger partial charge in [0.15, 0.2) is 0 Å². The summed E-state index contributed by atoms with van der Waals surface area (Å²) in [6.07, 6.45) is 1.53. The predicted molar refractivity (Wildman–Crippen MR) is 67.7 cm³/mol. The van der Waals surface area contributed by atoms with Crippen LogP contribution in [0.2, 0.25) is 0 Å². The molecule has 1 N–H and O–H groups in total. The van der Waals surface area contributed by atoms with Crippen LogP contribution in [0.5, 0.6) is 0 Å². The van der Waals surface area contributed by atoms with Gasteiger partial charge in [-0.15, -0.1) is 0 Å². The van der Waals surface area contributed by atoms with Gasteiger partial charge in [-0.1, -0.05) is 6.07 Å². The highest BCUT2D eigenvalue weighted by molar-refractivity contribution is 7.92. The van der Waals surface area contributed by atoms with Gasteiger partial charge >= 0.3 is 0 Å². The van der Waals surface area contributed by atoms with Gasteiger partial charge in [0.25, 0.3) is 10.0 Å². The monoisotopic (exact) mass is 266 g/mol. The zero-order valence-electron chi connectivity index (χ0n) is 10.4. The first-order valence-corrected chi connectivity index (χ1v) is 6.84. The Morgan fingerprint density at radius 1 is 1.28 bits per heavy atom. The molecular formula is C11H14N4O2S. The Labute approximate surface area is 106 Å². The third-order valence-electron chi connectivity index (χ3n) is 2.62. The van der Waals surface area contributed by atoms with Crippen molar-refractivity contribution in [1.82, 2.24) is 14.8 Å². The van der Waals surface area contributed by atoms with Gasteiger partial charge < -0.3 is 0 Å². The number of pyridine rings is 1. The molecule has 0 saturated heterocycles. The molecule has 0 atom stereocenters. The van der Waals surface area contributed by atoms with Gasteiger partial charge in [-0.3, -0.25) is 9.40 Å². The van der Waals surface area contributed by atoms with Crippen molar-refractivity contribution in [1.29, 1.82) is 0 Å². The summed E-state index contributed by atoms with van der Waals surface area (Å²) >= 11 is 0.